The number of carboxylic acids is 1. The summed E-state index contributed by atoms with van der Waals surface area (Å²) in [7, 11) is 0. The molecule has 1 aliphatic carbocycles. The van der Waals surface area contributed by atoms with Crippen LogP contribution in [0.5, 0.6) is 0 Å². The van der Waals surface area contributed by atoms with E-state index in [1.807, 2.05) is 0 Å². The number of carbonyl (C=O) groups is 1. The van der Waals surface area contributed by atoms with Crippen molar-refractivity contribution in [2.45, 2.75) is 121 Å². The smallest absolute Gasteiger partial charge is 0.364 e. The molecule has 1 saturated heterocycles. The number of hydrogen-bond donors (Lipinski definition) is 3. The third-order valence-corrected chi connectivity index (χ3v) is 6.79. The van der Waals surface area contributed by atoms with E-state index in [4.69, 9.17) is 14.6 Å². The van der Waals surface area contributed by atoms with Crippen LogP contribution in [0.2, 0.25) is 0 Å². The minimum atomic E-state index is -2.60. The fraction of sp³-hybridized carbons (Fsp3) is 0.880. The van der Waals surface area contributed by atoms with Gasteiger partial charge in [-0.25, -0.2) is 4.79 Å². The third kappa shape index (κ3) is 9.60. The Labute approximate surface area is 188 Å². The molecule has 6 nitrogen and oxygen atoms in total. The Balaban J connectivity index is 1.80. The number of carboxylic acid groups (broad SMARTS) is 1. The van der Waals surface area contributed by atoms with Crippen LogP contribution >= 0.6 is 0 Å². The first kappa shape index (κ1) is 26.3. The van der Waals surface area contributed by atoms with E-state index in [1.54, 1.807) is 0 Å². The predicted octanol–water partition coefficient (Wildman–Crippen LogP) is 5.17. The zero-order valence-corrected chi connectivity index (χ0v) is 19.3. The lowest BCUT2D eigenvalue weighted by molar-refractivity contribution is -0.205. The highest BCUT2D eigenvalue weighted by atomic mass is 16.7. The molecule has 0 radical (unpaired) electrons. The van der Waals surface area contributed by atoms with Crippen molar-refractivity contribution in [3.8, 4) is 0 Å². The molecule has 180 valence electrons. The van der Waals surface area contributed by atoms with E-state index >= 15 is 0 Å². The SMILES string of the molecule is CCCCCCC=C[C@@H]1[C@@H](CCCCCC(O)(O)C(=O)O)CC[C@H]1OC1CCCCO1. The molecule has 1 unspecified atom stereocenters. The summed E-state index contributed by atoms with van der Waals surface area (Å²) >= 11 is 0. The standard InChI is InChI=1S/C25H44O6/c1-2-3-4-5-6-9-14-21-20(13-8-7-11-18-25(28,29)24(26)27)16-17-22(21)31-23-15-10-12-19-30-23/h9,14,20-23,28-29H,2-8,10-13,15-19H2,1H3,(H,26,27)/t20-,21+,22+,23?/m0/s1. The molecule has 1 heterocycles. The lowest BCUT2D eigenvalue weighted by Gasteiger charge is -2.29. The molecule has 3 N–H and O–H groups in total. The number of ether oxygens (including phenoxy) is 2. The second-order valence-corrected chi connectivity index (χ2v) is 9.38. The molecular formula is C25H44O6. The van der Waals surface area contributed by atoms with Gasteiger partial charge in [-0.2, -0.15) is 0 Å². The van der Waals surface area contributed by atoms with Crippen LogP contribution in [0.3, 0.4) is 0 Å². The van der Waals surface area contributed by atoms with Crippen LogP contribution in [0, 0.1) is 11.8 Å². The zero-order valence-electron chi connectivity index (χ0n) is 19.3. The van der Waals surface area contributed by atoms with Crippen LogP contribution in [-0.2, 0) is 14.3 Å². The largest absolute Gasteiger partial charge is 0.477 e. The Kier molecular flexibility index (Phi) is 12.1. The molecule has 6 heteroatoms. The molecular weight excluding hydrogens is 396 g/mol. The van der Waals surface area contributed by atoms with Crippen molar-refractivity contribution >= 4 is 5.97 Å². The van der Waals surface area contributed by atoms with Crippen LogP contribution in [0.15, 0.2) is 12.2 Å². The molecule has 0 aromatic heterocycles. The molecule has 0 bridgehead atoms. The molecule has 0 aromatic rings. The van der Waals surface area contributed by atoms with Crippen LogP contribution in [0.25, 0.3) is 0 Å². The summed E-state index contributed by atoms with van der Waals surface area (Å²) in [6.45, 7) is 3.03. The number of allylic oxidation sites excluding steroid dienone is 1. The fourth-order valence-electron chi connectivity index (χ4n) is 4.86. The Bertz CT molecular complexity index is 526. The molecule has 0 aromatic carbocycles. The van der Waals surface area contributed by atoms with Gasteiger partial charge in [-0.1, -0.05) is 51.2 Å². The molecule has 2 fully saturated rings. The molecule has 4 atom stereocenters. The minimum absolute atomic E-state index is 0.0591. The van der Waals surface area contributed by atoms with Gasteiger partial charge in [-0.05, 0) is 63.7 Å². The van der Waals surface area contributed by atoms with E-state index in [9.17, 15) is 15.0 Å². The van der Waals surface area contributed by atoms with Gasteiger partial charge in [0.05, 0.1) is 6.10 Å². The lowest BCUT2D eigenvalue weighted by Crippen LogP contribution is -2.37. The molecule has 1 saturated carbocycles. The Morgan fingerprint density at radius 3 is 2.58 bits per heavy atom. The van der Waals surface area contributed by atoms with Crippen LogP contribution in [-0.4, -0.2) is 46.1 Å². The van der Waals surface area contributed by atoms with E-state index in [1.165, 1.54) is 32.1 Å². The maximum absolute atomic E-state index is 10.8. The highest BCUT2D eigenvalue weighted by Crippen LogP contribution is 2.40. The topological polar surface area (TPSA) is 96.2 Å². The number of aliphatic carboxylic acids is 1. The van der Waals surface area contributed by atoms with Crippen molar-refractivity contribution in [3.05, 3.63) is 12.2 Å². The van der Waals surface area contributed by atoms with Crippen LogP contribution < -0.4 is 0 Å². The predicted molar refractivity (Wildman–Crippen MR) is 120 cm³/mol. The molecule has 0 amide bonds. The lowest BCUT2D eigenvalue weighted by atomic mass is 9.88. The van der Waals surface area contributed by atoms with Crippen molar-refractivity contribution in [1.82, 2.24) is 0 Å². The Hall–Kier alpha value is -0.950. The highest BCUT2D eigenvalue weighted by Gasteiger charge is 2.37. The average Bonchev–Trinajstić information content (AvgIpc) is 3.12. The monoisotopic (exact) mass is 440 g/mol. The maximum Gasteiger partial charge on any atom is 0.364 e. The maximum atomic E-state index is 10.8. The summed E-state index contributed by atoms with van der Waals surface area (Å²) in [5.74, 6) is -3.20. The van der Waals surface area contributed by atoms with Crippen LogP contribution in [0.4, 0.5) is 0 Å². The first-order chi connectivity index (χ1) is 14.9. The van der Waals surface area contributed by atoms with E-state index in [0.29, 0.717) is 18.3 Å². The van der Waals surface area contributed by atoms with Gasteiger partial charge in [0.15, 0.2) is 6.29 Å². The third-order valence-electron chi connectivity index (χ3n) is 6.79. The minimum Gasteiger partial charge on any atom is -0.477 e. The number of unbranched alkanes of at least 4 members (excludes halogenated alkanes) is 6. The van der Waals surface area contributed by atoms with Crippen LogP contribution in [0.1, 0.15) is 103 Å². The van der Waals surface area contributed by atoms with Gasteiger partial charge in [0.25, 0.3) is 5.79 Å². The Morgan fingerprint density at radius 2 is 1.87 bits per heavy atom. The summed E-state index contributed by atoms with van der Waals surface area (Å²) in [6, 6.07) is 0. The zero-order chi connectivity index (χ0) is 22.5. The summed E-state index contributed by atoms with van der Waals surface area (Å²) in [5, 5.41) is 27.6. The van der Waals surface area contributed by atoms with Crippen molar-refractivity contribution in [2.24, 2.45) is 11.8 Å². The highest BCUT2D eigenvalue weighted by molar-refractivity contribution is 5.74. The van der Waals surface area contributed by atoms with E-state index in [0.717, 1.165) is 58.0 Å². The fourth-order valence-corrected chi connectivity index (χ4v) is 4.86. The summed E-state index contributed by atoms with van der Waals surface area (Å²) in [4.78, 5) is 10.8. The quantitative estimate of drug-likeness (QED) is 0.185. The first-order valence-corrected chi connectivity index (χ1v) is 12.6. The van der Waals surface area contributed by atoms with Crippen molar-refractivity contribution in [1.29, 1.82) is 0 Å². The van der Waals surface area contributed by atoms with Gasteiger partial charge < -0.3 is 24.8 Å². The van der Waals surface area contributed by atoms with Crippen molar-refractivity contribution in [3.63, 3.8) is 0 Å². The van der Waals surface area contributed by atoms with Gasteiger partial charge in [0.1, 0.15) is 0 Å². The van der Waals surface area contributed by atoms with Crippen molar-refractivity contribution < 1.29 is 29.6 Å². The normalized spacial score (nSPS) is 27.2. The van der Waals surface area contributed by atoms with Gasteiger partial charge in [-0.15, -0.1) is 0 Å². The number of rotatable bonds is 15. The second-order valence-electron chi connectivity index (χ2n) is 9.38. The molecule has 0 spiro atoms. The first-order valence-electron chi connectivity index (χ1n) is 12.6. The molecule has 1 aliphatic heterocycles. The van der Waals surface area contributed by atoms with Gasteiger partial charge in [0, 0.05) is 18.9 Å². The van der Waals surface area contributed by atoms with Gasteiger partial charge >= 0.3 is 5.97 Å². The van der Waals surface area contributed by atoms with Gasteiger partial charge in [0.2, 0.25) is 0 Å². The Morgan fingerprint density at radius 1 is 1.06 bits per heavy atom. The summed E-state index contributed by atoms with van der Waals surface area (Å²) in [5.41, 5.74) is 0. The molecule has 31 heavy (non-hydrogen) atoms. The average molecular weight is 441 g/mol. The van der Waals surface area contributed by atoms with Crippen molar-refractivity contribution in [2.75, 3.05) is 6.61 Å². The van der Waals surface area contributed by atoms with E-state index in [2.05, 4.69) is 19.1 Å². The molecule has 2 rings (SSSR count). The summed E-state index contributed by atoms with van der Waals surface area (Å²) in [6.07, 6.45) is 19.8. The van der Waals surface area contributed by atoms with E-state index < -0.39 is 11.8 Å². The summed E-state index contributed by atoms with van der Waals surface area (Å²) < 4.78 is 12.2. The molecule has 2 aliphatic rings. The number of aliphatic hydroxyl groups is 2. The second kappa shape index (κ2) is 14.2. The number of hydrogen-bond acceptors (Lipinski definition) is 5. The van der Waals surface area contributed by atoms with E-state index in [-0.39, 0.29) is 18.8 Å². The van der Waals surface area contributed by atoms with Gasteiger partial charge in [-0.3, -0.25) is 0 Å².